The minimum atomic E-state index is 0. The number of aliphatic hydroxyl groups excluding tert-OH is 1. The van der Waals surface area contributed by atoms with E-state index in [2.05, 4.69) is 72.1 Å². The summed E-state index contributed by atoms with van der Waals surface area (Å²) in [6.45, 7) is 10.2. The van der Waals surface area contributed by atoms with Gasteiger partial charge in [-0.05, 0) is 60.5 Å². The SMILES string of the molecule is CCC(CC)C(=O)/C=C(\O)C(CC)CC.Cc1cn2c3cc4ccccc4[c-]c3c3nccc4ccc1c2c43.[Ir]. The van der Waals surface area contributed by atoms with Crippen LogP contribution in [-0.2, 0) is 24.9 Å². The van der Waals surface area contributed by atoms with Crippen molar-refractivity contribution in [3.05, 3.63) is 84.4 Å². The summed E-state index contributed by atoms with van der Waals surface area (Å²) in [5, 5.41) is 17.0. The van der Waals surface area contributed by atoms with Gasteiger partial charge in [-0.1, -0.05) is 74.9 Å². The van der Waals surface area contributed by atoms with Gasteiger partial charge in [-0.25, -0.2) is 0 Å². The minimum Gasteiger partial charge on any atom is -0.512 e. The molecule has 0 aliphatic carbocycles. The number of aryl methyl sites for hydroxylation is 1. The Kier molecular flexibility index (Phi) is 9.28. The normalized spacial score (nSPS) is 12.1. The fraction of sp³-hybridized carbons (Fsp3) is 0.314. The third-order valence-corrected chi connectivity index (χ3v) is 8.24. The van der Waals surface area contributed by atoms with Crippen molar-refractivity contribution in [2.75, 3.05) is 0 Å². The molecule has 0 unspecified atom stereocenters. The van der Waals surface area contributed by atoms with Crippen LogP contribution >= 0.6 is 0 Å². The predicted octanol–water partition coefficient (Wildman–Crippen LogP) is 9.36. The summed E-state index contributed by atoms with van der Waals surface area (Å²) in [6.07, 6.45) is 9.05. The molecule has 3 aromatic carbocycles. The van der Waals surface area contributed by atoms with Gasteiger partial charge in [0.1, 0.15) is 0 Å². The molecule has 3 aromatic heterocycles. The van der Waals surface area contributed by atoms with Gasteiger partial charge in [0.25, 0.3) is 0 Å². The van der Waals surface area contributed by atoms with E-state index < -0.39 is 0 Å². The van der Waals surface area contributed by atoms with Crippen LogP contribution in [0.15, 0.2) is 72.8 Å². The zero-order chi connectivity index (χ0) is 27.7. The number of hydrogen-bond acceptors (Lipinski definition) is 3. The van der Waals surface area contributed by atoms with Crippen LogP contribution in [0.1, 0.15) is 58.9 Å². The number of carbonyl (C=O) groups is 1. The molecule has 0 saturated heterocycles. The number of fused-ring (bicyclic) bond motifs is 4. The van der Waals surface area contributed by atoms with Gasteiger partial charge in [-0.3, -0.25) is 9.78 Å². The smallest absolute Gasteiger partial charge is 0.162 e. The van der Waals surface area contributed by atoms with Crippen molar-refractivity contribution in [1.29, 1.82) is 0 Å². The van der Waals surface area contributed by atoms with E-state index in [-0.39, 0.29) is 43.5 Å². The summed E-state index contributed by atoms with van der Waals surface area (Å²) in [5.74, 6) is 0.547. The largest absolute Gasteiger partial charge is 0.512 e. The quantitative estimate of drug-likeness (QED) is 0.0591. The molecule has 6 aromatic rings. The van der Waals surface area contributed by atoms with Crippen LogP contribution in [0.2, 0.25) is 0 Å². The number of benzene rings is 3. The van der Waals surface area contributed by atoms with Crippen LogP contribution in [0.4, 0.5) is 0 Å². The van der Waals surface area contributed by atoms with Gasteiger partial charge >= 0.3 is 0 Å². The number of nitrogens with zero attached hydrogens (tertiary/aromatic N) is 2. The van der Waals surface area contributed by atoms with Crippen LogP contribution < -0.4 is 0 Å². The summed E-state index contributed by atoms with van der Waals surface area (Å²) < 4.78 is 2.32. The Hall–Kier alpha value is -3.27. The molecular formula is C35H37IrN2O2-. The molecule has 40 heavy (non-hydrogen) atoms. The molecule has 0 atom stereocenters. The molecule has 1 N–H and O–H groups in total. The molecular weight excluding hydrogens is 673 g/mol. The molecule has 4 nitrogen and oxygen atoms in total. The molecule has 0 fully saturated rings. The third-order valence-electron chi connectivity index (χ3n) is 8.24. The number of pyridine rings is 2. The minimum absolute atomic E-state index is 0. The molecule has 6 rings (SSSR count). The molecule has 0 aliphatic rings. The number of aromatic nitrogens is 2. The summed E-state index contributed by atoms with van der Waals surface area (Å²) in [5.41, 5.74) is 4.78. The van der Waals surface area contributed by atoms with Crippen LogP contribution in [0.5, 0.6) is 0 Å². The number of ketones is 1. The summed E-state index contributed by atoms with van der Waals surface area (Å²) in [4.78, 5) is 16.4. The van der Waals surface area contributed by atoms with Gasteiger partial charge in [0.15, 0.2) is 5.78 Å². The Labute approximate surface area is 249 Å². The number of allylic oxidation sites excluding steroid dienone is 2. The number of aliphatic hydroxyl groups is 1. The van der Waals surface area contributed by atoms with Gasteiger partial charge in [0, 0.05) is 66.8 Å². The maximum absolute atomic E-state index is 11.7. The maximum Gasteiger partial charge on any atom is 0.162 e. The average Bonchev–Trinajstić information content (AvgIpc) is 3.30. The van der Waals surface area contributed by atoms with E-state index in [9.17, 15) is 9.90 Å². The molecule has 0 spiro atoms. The van der Waals surface area contributed by atoms with Gasteiger partial charge in [0.2, 0.25) is 0 Å². The first-order valence-corrected chi connectivity index (χ1v) is 14.2. The van der Waals surface area contributed by atoms with Crippen LogP contribution in [0.25, 0.3) is 48.9 Å². The first kappa shape index (κ1) is 29.7. The van der Waals surface area contributed by atoms with Crippen molar-refractivity contribution in [3.8, 4) is 0 Å². The first-order valence-electron chi connectivity index (χ1n) is 14.2. The molecule has 0 bridgehead atoms. The number of rotatable bonds is 7. The van der Waals surface area contributed by atoms with Gasteiger partial charge < -0.3 is 9.51 Å². The Balaban J connectivity index is 0.000000204. The van der Waals surface area contributed by atoms with E-state index in [4.69, 9.17) is 4.98 Å². The van der Waals surface area contributed by atoms with Gasteiger partial charge in [-0.2, -0.15) is 0 Å². The van der Waals surface area contributed by atoms with E-state index in [1.807, 2.05) is 33.9 Å². The van der Waals surface area contributed by atoms with Crippen LogP contribution in [-0.4, -0.2) is 20.3 Å². The maximum atomic E-state index is 11.7. The summed E-state index contributed by atoms with van der Waals surface area (Å²) >= 11 is 0. The second-order valence-corrected chi connectivity index (χ2v) is 10.5. The van der Waals surface area contributed by atoms with E-state index in [0.29, 0.717) is 0 Å². The monoisotopic (exact) mass is 710 g/mol. The first-order chi connectivity index (χ1) is 18.9. The van der Waals surface area contributed by atoms with Crippen LogP contribution in [0.3, 0.4) is 0 Å². The van der Waals surface area contributed by atoms with E-state index in [1.165, 1.54) is 44.2 Å². The third kappa shape index (κ3) is 5.25. The van der Waals surface area contributed by atoms with Crippen molar-refractivity contribution >= 4 is 54.7 Å². The Morgan fingerprint density at radius 3 is 2.38 bits per heavy atom. The molecule has 0 amide bonds. The van der Waals surface area contributed by atoms with E-state index in [1.54, 1.807) is 0 Å². The molecule has 1 radical (unpaired) electrons. The number of carbonyl (C=O) groups excluding carboxylic acids is 1. The number of hydrogen-bond donors (Lipinski definition) is 1. The molecule has 3 heterocycles. The van der Waals surface area contributed by atoms with Crippen LogP contribution in [0, 0.1) is 24.8 Å². The van der Waals surface area contributed by atoms with Crippen molar-refractivity contribution in [1.82, 2.24) is 9.38 Å². The Bertz CT molecular complexity index is 1810. The second-order valence-electron chi connectivity index (χ2n) is 10.5. The molecule has 0 saturated carbocycles. The predicted molar refractivity (Wildman–Crippen MR) is 164 cm³/mol. The Morgan fingerprint density at radius 2 is 1.68 bits per heavy atom. The summed E-state index contributed by atoms with van der Waals surface area (Å²) in [7, 11) is 0. The molecule has 209 valence electrons. The van der Waals surface area contributed by atoms with Gasteiger partial charge in [0.05, 0.1) is 5.76 Å². The van der Waals surface area contributed by atoms with Crippen molar-refractivity contribution < 1.29 is 30.0 Å². The van der Waals surface area contributed by atoms with E-state index in [0.717, 1.165) is 42.0 Å². The average molecular weight is 710 g/mol. The fourth-order valence-corrected chi connectivity index (χ4v) is 5.83. The summed E-state index contributed by atoms with van der Waals surface area (Å²) in [6, 6.07) is 20.8. The van der Waals surface area contributed by atoms with Crippen molar-refractivity contribution in [2.24, 2.45) is 11.8 Å². The van der Waals surface area contributed by atoms with Crippen molar-refractivity contribution in [2.45, 2.75) is 60.3 Å². The van der Waals surface area contributed by atoms with Gasteiger partial charge in [-0.15, -0.1) is 17.5 Å². The standard InChI is InChI=1S/C22H13N2.C13H24O2.Ir/c1-13-12-24-19-11-16-5-3-2-4-15(16)10-18(19)21-20-14(8-9-23-21)6-7-17(13)22(20)24;1-5-10(6-2)12(14)9-13(15)11(7-3)8-4;/h2-9,11-12H,1H3;9-11,14H,5-8H2,1-4H3;/q-1;;/b;12-9-;. The zero-order valence-corrected chi connectivity index (χ0v) is 26.3. The molecule has 5 heteroatoms. The van der Waals surface area contributed by atoms with E-state index >= 15 is 0 Å². The van der Waals surface area contributed by atoms with Crippen molar-refractivity contribution in [3.63, 3.8) is 0 Å². The second kappa shape index (κ2) is 12.5. The fourth-order valence-electron chi connectivity index (χ4n) is 5.83. The molecule has 0 aliphatic heterocycles. The Morgan fingerprint density at radius 1 is 0.975 bits per heavy atom. The topological polar surface area (TPSA) is 54.6 Å². The zero-order valence-electron chi connectivity index (χ0n) is 23.9.